The molecule has 3 heterocycles. The normalized spacial score (nSPS) is 15.1. The Morgan fingerprint density at radius 3 is 2.59 bits per heavy atom. The molecular weight excluding hydrogens is 383 g/mol. The van der Waals surface area contributed by atoms with Crippen molar-refractivity contribution >= 4 is 22.7 Å². The minimum atomic E-state index is -4.37. The van der Waals surface area contributed by atoms with Crippen molar-refractivity contribution < 1.29 is 22.4 Å². The first kappa shape index (κ1) is 19.2. The monoisotopic (exact) mass is 403 g/mol. The first-order valence-electron chi connectivity index (χ1n) is 9.27. The Bertz CT molecular complexity index is 1040. The topological polar surface area (TPSA) is 41.6 Å². The molecule has 3 aromatic rings. The van der Waals surface area contributed by atoms with Crippen molar-refractivity contribution in [2.24, 2.45) is 0 Å². The van der Waals surface area contributed by atoms with Crippen LogP contribution in [0.1, 0.15) is 16.1 Å². The van der Waals surface area contributed by atoms with Gasteiger partial charge in [-0.2, -0.15) is 13.2 Å². The maximum Gasteiger partial charge on any atom is 0.416 e. The van der Waals surface area contributed by atoms with Gasteiger partial charge in [-0.05, 0) is 18.2 Å². The summed E-state index contributed by atoms with van der Waals surface area (Å²) < 4.78 is 46.2. The van der Waals surface area contributed by atoms with E-state index >= 15 is 0 Å². The summed E-state index contributed by atoms with van der Waals surface area (Å²) in [5.41, 5.74) is 1.83. The van der Waals surface area contributed by atoms with Gasteiger partial charge >= 0.3 is 6.18 Å². The van der Waals surface area contributed by atoms with E-state index in [-0.39, 0.29) is 5.91 Å². The number of hydrogen-bond acceptors (Lipinski definition) is 3. The summed E-state index contributed by atoms with van der Waals surface area (Å²) >= 11 is 0. The summed E-state index contributed by atoms with van der Waals surface area (Å²) in [6.45, 7) is 6.00. The number of piperazine rings is 1. The number of furan rings is 1. The average Bonchev–Trinajstić information content (AvgIpc) is 3.30. The third-order valence-corrected chi connectivity index (χ3v) is 5.16. The second-order valence-electron chi connectivity index (χ2n) is 6.93. The number of amides is 1. The van der Waals surface area contributed by atoms with Gasteiger partial charge in [0.2, 0.25) is 0 Å². The number of hydrogen-bond donors (Lipinski definition) is 0. The van der Waals surface area contributed by atoms with Gasteiger partial charge in [-0.15, -0.1) is 6.58 Å². The molecule has 1 aliphatic rings. The van der Waals surface area contributed by atoms with Crippen molar-refractivity contribution in [3.63, 3.8) is 0 Å². The molecule has 0 unspecified atom stereocenters. The molecule has 1 saturated heterocycles. The molecule has 1 fully saturated rings. The highest BCUT2D eigenvalue weighted by molar-refractivity contribution is 5.97. The van der Waals surface area contributed by atoms with Crippen molar-refractivity contribution in [1.82, 2.24) is 9.47 Å². The molecule has 152 valence electrons. The fourth-order valence-corrected chi connectivity index (χ4v) is 3.69. The van der Waals surface area contributed by atoms with Crippen LogP contribution in [0.4, 0.5) is 18.9 Å². The maximum absolute atomic E-state index is 13.1. The SMILES string of the molecule is C=CCn1c(C(=O)N2CCN(c3cccc(C(F)(F)F)c3)CC2)cc2occc21. The highest BCUT2D eigenvalue weighted by atomic mass is 19.4. The Labute approximate surface area is 165 Å². The van der Waals surface area contributed by atoms with E-state index in [2.05, 4.69) is 6.58 Å². The van der Waals surface area contributed by atoms with Gasteiger partial charge < -0.3 is 18.8 Å². The predicted molar refractivity (Wildman–Crippen MR) is 104 cm³/mol. The highest BCUT2D eigenvalue weighted by Gasteiger charge is 2.31. The second kappa shape index (κ2) is 7.35. The first-order valence-corrected chi connectivity index (χ1v) is 9.27. The Morgan fingerprint density at radius 1 is 1.14 bits per heavy atom. The number of alkyl halides is 3. The molecule has 1 aliphatic heterocycles. The minimum absolute atomic E-state index is 0.123. The Hall–Kier alpha value is -3.16. The van der Waals surface area contributed by atoms with Gasteiger partial charge in [0.25, 0.3) is 5.91 Å². The number of aromatic nitrogens is 1. The van der Waals surface area contributed by atoms with E-state index in [0.29, 0.717) is 49.7 Å². The Balaban J connectivity index is 1.49. The number of carbonyl (C=O) groups is 1. The molecule has 0 saturated carbocycles. The Morgan fingerprint density at radius 2 is 1.90 bits per heavy atom. The molecule has 0 spiro atoms. The van der Waals surface area contributed by atoms with Crippen LogP contribution in [0.2, 0.25) is 0 Å². The molecule has 0 radical (unpaired) electrons. The highest BCUT2D eigenvalue weighted by Crippen LogP contribution is 2.32. The third kappa shape index (κ3) is 3.62. The number of fused-ring (bicyclic) bond motifs is 1. The maximum atomic E-state index is 13.1. The summed E-state index contributed by atoms with van der Waals surface area (Å²) in [6, 6.07) is 8.82. The standard InChI is InChI=1S/C21H20F3N3O2/c1-2-7-27-17-6-12-29-19(17)14-18(27)20(28)26-10-8-25(9-11-26)16-5-3-4-15(13-16)21(22,23)24/h2-6,12-14H,1,7-11H2. The van der Waals surface area contributed by atoms with Gasteiger partial charge in [0, 0.05) is 50.5 Å². The molecule has 0 N–H and O–H groups in total. The number of benzene rings is 1. The number of carbonyl (C=O) groups excluding carboxylic acids is 1. The molecule has 8 heteroatoms. The van der Waals surface area contributed by atoms with E-state index in [1.165, 1.54) is 6.07 Å². The largest absolute Gasteiger partial charge is 0.463 e. The zero-order valence-electron chi connectivity index (χ0n) is 15.7. The summed E-state index contributed by atoms with van der Waals surface area (Å²) in [7, 11) is 0. The lowest BCUT2D eigenvalue weighted by Gasteiger charge is -2.36. The lowest BCUT2D eigenvalue weighted by Crippen LogP contribution is -2.49. The summed E-state index contributed by atoms with van der Waals surface area (Å²) in [4.78, 5) is 16.6. The summed E-state index contributed by atoms with van der Waals surface area (Å²) in [5, 5.41) is 0. The van der Waals surface area contributed by atoms with E-state index in [1.54, 1.807) is 35.4 Å². The van der Waals surface area contributed by atoms with Crippen LogP contribution in [-0.2, 0) is 12.7 Å². The van der Waals surface area contributed by atoms with E-state index in [0.717, 1.165) is 17.6 Å². The fourth-order valence-electron chi connectivity index (χ4n) is 3.69. The van der Waals surface area contributed by atoms with E-state index in [4.69, 9.17) is 4.42 Å². The zero-order chi connectivity index (χ0) is 20.6. The van der Waals surface area contributed by atoms with Gasteiger partial charge in [0.1, 0.15) is 5.69 Å². The summed E-state index contributed by atoms with van der Waals surface area (Å²) in [6.07, 6.45) is -1.08. The van der Waals surface area contributed by atoms with Crippen LogP contribution in [0, 0.1) is 0 Å². The van der Waals surface area contributed by atoms with Crippen LogP contribution in [-0.4, -0.2) is 41.6 Å². The molecule has 5 nitrogen and oxygen atoms in total. The third-order valence-electron chi connectivity index (χ3n) is 5.16. The molecule has 0 atom stereocenters. The number of anilines is 1. The fraction of sp³-hybridized carbons (Fsp3) is 0.286. The predicted octanol–water partition coefficient (Wildman–Crippen LogP) is 4.40. The Kier molecular flexibility index (Phi) is 4.86. The van der Waals surface area contributed by atoms with Gasteiger partial charge in [-0.25, -0.2) is 0 Å². The van der Waals surface area contributed by atoms with Crippen LogP contribution in [0.3, 0.4) is 0 Å². The molecule has 1 amide bonds. The van der Waals surface area contributed by atoms with Crippen LogP contribution in [0.15, 0.2) is 59.7 Å². The van der Waals surface area contributed by atoms with Crippen molar-refractivity contribution in [3.8, 4) is 0 Å². The number of allylic oxidation sites excluding steroid dienone is 1. The molecule has 0 bridgehead atoms. The van der Waals surface area contributed by atoms with Crippen molar-refractivity contribution in [3.05, 3.63) is 66.6 Å². The van der Waals surface area contributed by atoms with Crippen molar-refractivity contribution in [1.29, 1.82) is 0 Å². The zero-order valence-corrected chi connectivity index (χ0v) is 15.7. The van der Waals surface area contributed by atoms with E-state index in [1.807, 2.05) is 9.47 Å². The average molecular weight is 403 g/mol. The minimum Gasteiger partial charge on any atom is -0.463 e. The van der Waals surface area contributed by atoms with Crippen molar-refractivity contribution in [2.45, 2.75) is 12.7 Å². The second-order valence-corrected chi connectivity index (χ2v) is 6.93. The molecule has 29 heavy (non-hydrogen) atoms. The lowest BCUT2D eigenvalue weighted by atomic mass is 10.1. The molecule has 1 aromatic carbocycles. The quantitative estimate of drug-likeness (QED) is 0.607. The van der Waals surface area contributed by atoms with Gasteiger partial charge in [0.15, 0.2) is 5.58 Å². The van der Waals surface area contributed by atoms with Crippen LogP contribution < -0.4 is 4.90 Å². The van der Waals surface area contributed by atoms with E-state index in [9.17, 15) is 18.0 Å². The van der Waals surface area contributed by atoms with Crippen LogP contribution in [0.5, 0.6) is 0 Å². The van der Waals surface area contributed by atoms with Gasteiger partial charge in [-0.1, -0.05) is 12.1 Å². The molecule has 0 aliphatic carbocycles. The summed E-state index contributed by atoms with van der Waals surface area (Å²) in [5.74, 6) is -0.123. The van der Waals surface area contributed by atoms with Crippen molar-refractivity contribution in [2.75, 3.05) is 31.1 Å². The number of halogens is 3. The van der Waals surface area contributed by atoms with Gasteiger partial charge in [-0.3, -0.25) is 4.79 Å². The van der Waals surface area contributed by atoms with Crippen LogP contribution in [0.25, 0.3) is 11.1 Å². The lowest BCUT2D eigenvalue weighted by molar-refractivity contribution is -0.137. The smallest absolute Gasteiger partial charge is 0.416 e. The van der Waals surface area contributed by atoms with Crippen LogP contribution >= 0.6 is 0 Å². The molecular formula is C21H20F3N3O2. The van der Waals surface area contributed by atoms with Gasteiger partial charge in [0.05, 0.1) is 17.3 Å². The number of nitrogens with zero attached hydrogens (tertiary/aromatic N) is 3. The number of rotatable bonds is 4. The molecule has 2 aromatic heterocycles. The van der Waals surface area contributed by atoms with E-state index < -0.39 is 11.7 Å². The first-order chi connectivity index (χ1) is 13.9. The molecule has 4 rings (SSSR count).